The minimum atomic E-state index is 0.381. The molecule has 2 nitrogen and oxygen atoms in total. The number of likely N-dealkylation sites (N-methyl/N-ethyl adjacent to an activating group) is 2. The van der Waals surface area contributed by atoms with E-state index in [1.807, 2.05) is 11.3 Å². The van der Waals surface area contributed by atoms with E-state index >= 15 is 0 Å². The molecule has 0 amide bonds. The fourth-order valence-electron chi connectivity index (χ4n) is 3.65. The summed E-state index contributed by atoms with van der Waals surface area (Å²) in [6, 6.07) is 2.89. The van der Waals surface area contributed by atoms with Crippen LogP contribution in [0, 0.1) is 0 Å². The molecule has 1 aliphatic rings. The first-order chi connectivity index (χ1) is 9.19. The Morgan fingerprint density at radius 2 is 2.11 bits per heavy atom. The van der Waals surface area contributed by atoms with Crippen molar-refractivity contribution in [2.24, 2.45) is 0 Å². The van der Waals surface area contributed by atoms with Crippen LogP contribution < -0.4 is 5.32 Å². The van der Waals surface area contributed by atoms with Gasteiger partial charge in [0.05, 0.1) is 0 Å². The van der Waals surface area contributed by atoms with Crippen molar-refractivity contribution >= 4 is 11.3 Å². The summed E-state index contributed by atoms with van der Waals surface area (Å²) in [7, 11) is 4.53. The largest absolute Gasteiger partial charge is 0.312 e. The van der Waals surface area contributed by atoms with Gasteiger partial charge < -0.3 is 10.2 Å². The predicted molar refractivity (Wildman–Crippen MR) is 85.0 cm³/mol. The highest BCUT2D eigenvalue weighted by molar-refractivity contribution is 7.07. The van der Waals surface area contributed by atoms with Gasteiger partial charge in [-0.2, -0.15) is 11.3 Å². The van der Waals surface area contributed by atoms with Crippen LogP contribution >= 0.6 is 11.3 Å². The summed E-state index contributed by atoms with van der Waals surface area (Å²) in [4.78, 5) is 2.49. The lowest BCUT2D eigenvalue weighted by Gasteiger charge is -2.44. The topological polar surface area (TPSA) is 15.3 Å². The molecule has 0 spiro atoms. The summed E-state index contributed by atoms with van der Waals surface area (Å²) in [6.45, 7) is 3.31. The Hall–Kier alpha value is -0.380. The zero-order valence-electron chi connectivity index (χ0n) is 12.6. The van der Waals surface area contributed by atoms with Crippen molar-refractivity contribution in [1.82, 2.24) is 10.2 Å². The number of hydrogen-bond acceptors (Lipinski definition) is 3. The van der Waals surface area contributed by atoms with Gasteiger partial charge in [0.15, 0.2) is 0 Å². The molecule has 3 heteroatoms. The molecule has 0 saturated heterocycles. The van der Waals surface area contributed by atoms with E-state index in [1.54, 1.807) is 0 Å². The molecule has 0 aliphatic heterocycles. The van der Waals surface area contributed by atoms with Crippen LogP contribution in [0.25, 0.3) is 0 Å². The minimum absolute atomic E-state index is 0.381. The molecule has 1 N–H and O–H groups in total. The molecule has 0 aromatic carbocycles. The van der Waals surface area contributed by atoms with E-state index in [2.05, 4.69) is 48.1 Å². The third-order valence-electron chi connectivity index (χ3n) is 4.76. The highest BCUT2D eigenvalue weighted by Crippen LogP contribution is 2.38. The quantitative estimate of drug-likeness (QED) is 0.822. The molecule has 19 heavy (non-hydrogen) atoms. The second-order valence-corrected chi connectivity index (χ2v) is 6.77. The highest BCUT2D eigenvalue weighted by Gasteiger charge is 2.42. The van der Waals surface area contributed by atoms with Gasteiger partial charge >= 0.3 is 0 Å². The minimum Gasteiger partial charge on any atom is -0.312 e. The van der Waals surface area contributed by atoms with E-state index in [4.69, 9.17) is 0 Å². The van der Waals surface area contributed by atoms with Crippen LogP contribution in [0.15, 0.2) is 16.8 Å². The predicted octanol–water partition coefficient (Wildman–Crippen LogP) is 3.53. The molecule has 1 aromatic heterocycles. The number of nitrogens with one attached hydrogen (secondary N) is 1. The maximum Gasteiger partial charge on any atom is 0.0356 e. The molecule has 0 radical (unpaired) electrons. The Bertz CT molecular complexity index is 353. The summed E-state index contributed by atoms with van der Waals surface area (Å²) < 4.78 is 0. The van der Waals surface area contributed by atoms with Crippen LogP contribution in [0.4, 0.5) is 0 Å². The average molecular weight is 280 g/mol. The SMILES string of the molecule is CCNC(CCc1ccsc1)C1(N(C)C)CCCC1. The molecule has 1 fully saturated rings. The van der Waals surface area contributed by atoms with Crippen LogP contribution in [0.1, 0.15) is 44.6 Å². The first-order valence-corrected chi connectivity index (χ1v) is 8.55. The van der Waals surface area contributed by atoms with Crippen molar-refractivity contribution in [1.29, 1.82) is 0 Å². The summed E-state index contributed by atoms with van der Waals surface area (Å²) in [5.41, 5.74) is 1.88. The zero-order chi connectivity index (χ0) is 13.7. The van der Waals surface area contributed by atoms with Crippen molar-refractivity contribution in [2.75, 3.05) is 20.6 Å². The van der Waals surface area contributed by atoms with Crippen LogP contribution in [0.3, 0.4) is 0 Å². The van der Waals surface area contributed by atoms with Crippen LogP contribution in [-0.2, 0) is 6.42 Å². The number of nitrogens with zero attached hydrogens (tertiary/aromatic N) is 1. The normalized spacial score (nSPS) is 20.0. The highest BCUT2D eigenvalue weighted by atomic mass is 32.1. The molecule has 108 valence electrons. The second-order valence-electron chi connectivity index (χ2n) is 5.99. The maximum absolute atomic E-state index is 3.77. The average Bonchev–Trinajstić information content (AvgIpc) is 3.06. The monoisotopic (exact) mass is 280 g/mol. The van der Waals surface area contributed by atoms with Gasteiger partial charge in [-0.3, -0.25) is 0 Å². The molecular formula is C16H28N2S. The Kier molecular flexibility index (Phi) is 5.43. The number of aryl methyl sites for hydroxylation is 1. The van der Waals surface area contributed by atoms with Crippen molar-refractivity contribution in [3.05, 3.63) is 22.4 Å². The van der Waals surface area contributed by atoms with Gasteiger partial charge in [0, 0.05) is 11.6 Å². The van der Waals surface area contributed by atoms with Gasteiger partial charge in [-0.1, -0.05) is 19.8 Å². The van der Waals surface area contributed by atoms with Crippen molar-refractivity contribution in [2.45, 2.75) is 57.0 Å². The number of rotatable bonds is 7. The molecule has 2 rings (SSSR count). The molecule has 1 saturated carbocycles. The Balaban J connectivity index is 2.04. The number of hydrogen-bond donors (Lipinski definition) is 1. The summed E-state index contributed by atoms with van der Waals surface area (Å²) >= 11 is 1.81. The molecule has 1 heterocycles. The van der Waals surface area contributed by atoms with Gasteiger partial charge in [0.2, 0.25) is 0 Å². The Labute approximate surface area is 122 Å². The maximum atomic E-state index is 3.77. The van der Waals surface area contributed by atoms with E-state index < -0.39 is 0 Å². The lowest BCUT2D eigenvalue weighted by atomic mass is 9.83. The van der Waals surface area contributed by atoms with E-state index in [-0.39, 0.29) is 0 Å². The fourth-order valence-corrected chi connectivity index (χ4v) is 4.35. The van der Waals surface area contributed by atoms with Gasteiger partial charge in [-0.05, 0) is 68.7 Å². The third-order valence-corrected chi connectivity index (χ3v) is 5.49. The number of thiophene rings is 1. The van der Waals surface area contributed by atoms with E-state index in [1.165, 1.54) is 44.1 Å². The first-order valence-electron chi connectivity index (χ1n) is 7.61. The molecule has 1 unspecified atom stereocenters. The molecule has 1 aromatic rings. The smallest absolute Gasteiger partial charge is 0.0356 e. The zero-order valence-corrected chi connectivity index (χ0v) is 13.4. The molecule has 0 bridgehead atoms. The van der Waals surface area contributed by atoms with Crippen molar-refractivity contribution < 1.29 is 0 Å². The Morgan fingerprint density at radius 1 is 1.37 bits per heavy atom. The summed E-state index contributed by atoms with van der Waals surface area (Å²) in [5.74, 6) is 0. The van der Waals surface area contributed by atoms with Gasteiger partial charge in [-0.15, -0.1) is 0 Å². The van der Waals surface area contributed by atoms with Crippen LogP contribution in [-0.4, -0.2) is 37.1 Å². The van der Waals surface area contributed by atoms with Crippen LogP contribution in [0.5, 0.6) is 0 Å². The van der Waals surface area contributed by atoms with Gasteiger partial charge in [0.1, 0.15) is 0 Å². The molecule has 1 atom stereocenters. The van der Waals surface area contributed by atoms with E-state index in [0.717, 1.165) is 6.54 Å². The third kappa shape index (κ3) is 3.39. The lowest BCUT2D eigenvalue weighted by molar-refractivity contribution is 0.101. The molecule has 1 aliphatic carbocycles. The molecular weight excluding hydrogens is 252 g/mol. The fraction of sp³-hybridized carbons (Fsp3) is 0.750. The van der Waals surface area contributed by atoms with E-state index in [9.17, 15) is 0 Å². The Morgan fingerprint density at radius 3 is 2.63 bits per heavy atom. The van der Waals surface area contributed by atoms with Crippen molar-refractivity contribution in [3.63, 3.8) is 0 Å². The van der Waals surface area contributed by atoms with Gasteiger partial charge in [0.25, 0.3) is 0 Å². The summed E-state index contributed by atoms with van der Waals surface area (Å²) in [5, 5.41) is 8.25. The van der Waals surface area contributed by atoms with Crippen LogP contribution in [0.2, 0.25) is 0 Å². The van der Waals surface area contributed by atoms with Gasteiger partial charge in [-0.25, -0.2) is 0 Å². The second kappa shape index (κ2) is 6.87. The standard InChI is InChI=1S/C16H28N2S/c1-4-17-15(8-7-14-9-12-19-13-14)16(18(2)3)10-5-6-11-16/h9,12-13,15,17H,4-8,10-11H2,1-3H3. The first kappa shape index (κ1) is 15.0. The lowest BCUT2D eigenvalue weighted by Crippen LogP contribution is -2.57. The van der Waals surface area contributed by atoms with E-state index in [0.29, 0.717) is 11.6 Å². The van der Waals surface area contributed by atoms with Crippen molar-refractivity contribution in [3.8, 4) is 0 Å². The summed E-state index contributed by atoms with van der Waals surface area (Å²) in [6.07, 6.45) is 7.93.